The molecule has 0 saturated carbocycles. The van der Waals surface area contributed by atoms with E-state index in [1.54, 1.807) is 11.0 Å². The lowest BCUT2D eigenvalue weighted by molar-refractivity contribution is -0.117. The Hall–Kier alpha value is -1.32. The summed E-state index contributed by atoms with van der Waals surface area (Å²) in [6, 6.07) is 9.34. The van der Waals surface area contributed by atoms with E-state index >= 15 is 0 Å². The van der Waals surface area contributed by atoms with Gasteiger partial charge in [0.15, 0.2) is 0 Å². The van der Waals surface area contributed by atoms with Crippen molar-refractivity contribution in [3.05, 3.63) is 35.5 Å². The number of halogens is 2. The van der Waals surface area contributed by atoms with Gasteiger partial charge in [-0.1, -0.05) is 29.8 Å². The molecule has 0 aliphatic carbocycles. The molecule has 92 valence electrons. The molecule has 2 aromatic rings. The molecule has 18 heavy (non-hydrogen) atoms. The lowest BCUT2D eigenvalue weighted by Crippen LogP contribution is -2.24. The number of fused-ring (bicyclic) bond motifs is 1. The fraction of sp³-hybridized carbons (Fsp3) is 0.231. The number of carbonyl (C=O) groups excluding carboxylic acids is 1. The fourth-order valence-electron chi connectivity index (χ4n) is 2.25. The molecule has 1 aromatic heterocycles. The second kappa shape index (κ2) is 4.41. The van der Waals surface area contributed by atoms with Gasteiger partial charge in [0.1, 0.15) is 5.15 Å². The fourth-order valence-corrected chi connectivity index (χ4v) is 2.71. The van der Waals surface area contributed by atoms with E-state index in [9.17, 15) is 4.79 Å². The van der Waals surface area contributed by atoms with Gasteiger partial charge in [-0.2, -0.15) is 0 Å². The van der Waals surface area contributed by atoms with Gasteiger partial charge >= 0.3 is 0 Å². The second-order valence-electron chi connectivity index (χ2n) is 4.29. The molecule has 1 amide bonds. The lowest BCUT2D eigenvalue weighted by atomic mass is 10.2. The van der Waals surface area contributed by atoms with E-state index in [4.69, 9.17) is 23.2 Å². The summed E-state index contributed by atoms with van der Waals surface area (Å²) >= 11 is 12.0. The molecule has 0 bridgehead atoms. The number of amides is 1. The molecule has 1 atom stereocenters. The highest BCUT2D eigenvalue weighted by atomic mass is 35.5. The second-order valence-corrected chi connectivity index (χ2v) is 5.29. The Morgan fingerprint density at radius 1 is 1.33 bits per heavy atom. The quantitative estimate of drug-likeness (QED) is 0.594. The van der Waals surface area contributed by atoms with E-state index in [0.29, 0.717) is 18.1 Å². The largest absolute Gasteiger partial charge is 0.310 e. The Morgan fingerprint density at radius 3 is 2.83 bits per heavy atom. The molecule has 1 aliphatic heterocycles. The van der Waals surface area contributed by atoms with Crippen molar-refractivity contribution in [2.24, 2.45) is 0 Å². The molecule has 1 aliphatic rings. The molecule has 3 nitrogen and oxygen atoms in total. The van der Waals surface area contributed by atoms with E-state index in [2.05, 4.69) is 4.98 Å². The van der Waals surface area contributed by atoms with Crippen LogP contribution in [0.4, 0.5) is 5.69 Å². The first-order valence-corrected chi connectivity index (χ1v) is 6.46. The maximum atomic E-state index is 11.9. The van der Waals surface area contributed by atoms with Gasteiger partial charge in [0.25, 0.3) is 0 Å². The van der Waals surface area contributed by atoms with Crippen LogP contribution >= 0.6 is 23.2 Å². The van der Waals surface area contributed by atoms with Crippen molar-refractivity contribution >= 4 is 45.7 Å². The summed E-state index contributed by atoms with van der Waals surface area (Å²) in [6.45, 7) is 0.519. The SMILES string of the molecule is O=C1CC(Cl)CN1c1cc(Cl)nc2ccccc12. The predicted octanol–water partition coefficient (Wildman–Crippen LogP) is 3.23. The van der Waals surface area contributed by atoms with Crippen molar-refractivity contribution in [2.45, 2.75) is 11.8 Å². The van der Waals surface area contributed by atoms with Crippen LogP contribution in [0.25, 0.3) is 10.9 Å². The van der Waals surface area contributed by atoms with Crippen LogP contribution in [0.3, 0.4) is 0 Å². The smallest absolute Gasteiger partial charge is 0.228 e. The van der Waals surface area contributed by atoms with E-state index < -0.39 is 0 Å². The normalized spacial score (nSPS) is 19.8. The Labute approximate surface area is 114 Å². The Balaban J connectivity index is 2.19. The minimum absolute atomic E-state index is 0.0300. The van der Waals surface area contributed by atoms with Gasteiger partial charge in [0.05, 0.1) is 16.6 Å². The van der Waals surface area contributed by atoms with E-state index in [1.807, 2.05) is 24.3 Å². The summed E-state index contributed by atoms with van der Waals surface area (Å²) in [5.74, 6) is 0.0300. The molecule has 1 fully saturated rings. The van der Waals surface area contributed by atoms with Crippen molar-refractivity contribution in [3.8, 4) is 0 Å². The van der Waals surface area contributed by atoms with Crippen LogP contribution in [-0.4, -0.2) is 22.8 Å². The average molecular weight is 281 g/mol. The zero-order valence-corrected chi connectivity index (χ0v) is 10.9. The highest BCUT2D eigenvalue weighted by Crippen LogP contribution is 2.32. The number of hydrogen-bond donors (Lipinski definition) is 0. The third-order valence-corrected chi connectivity index (χ3v) is 3.52. The topological polar surface area (TPSA) is 33.2 Å². The molecule has 0 radical (unpaired) electrons. The van der Waals surface area contributed by atoms with E-state index in [-0.39, 0.29) is 11.3 Å². The number of hydrogen-bond acceptors (Lipinski definition) is 2. The molecule has 1 unspecified atom stereocenters. The van der Waals surface area contributed by atoms with Crippen LogP contribution in [0.15, 0.2) is 30.3 Å². The third kappa shape index (κ3) is 1.93. The van der Waals surface area contributed by atoms with Crippen LogP contribution in [0.2, 0.25) is 5.15 Å². The molecule has 2 heterocycles. The Kier molecular flexibility index (Phi) is 2.88. The summed E-state index contributed by atoms with van der Waals surface area (Å²) < 4.78 is 0. The maximum absolute atomic E-state index is 11.9. The summed E-state index contributed by atoms with van der Waals surface area (Å²) in [6.07, 6.45) is 0.371. The van der Waals surface area contributed by atoms with Gasteiger partial charge in [-0.25, -0.2) is 4.98 Å². The molecule has 1 aromatic carbocycles. The molecular weight excluding hydrogens is 271 g/mol. The maximum Gasteiger partial charge on any atom is 0.228 e. The molecule has 0 spiro atoms. The molecule has 5 heteroatoms. The number of aromatic nitrogens is 1. The number of rotatable bonds is 1. The van der Waals surface area contributed by atoms with Crippen molar-refractivity contribution in [1.29, 1.82) is 0 Å². The first kappa shape index (κ1) is 11.8. The van der Waals surface area contributed by atoms with Crippen molar-refractivity contribution in [1.82, 2.24) is 4.98 Å². The average Bonchev–Trinajstić information content (AvgIpc) is 2.67. The number of anilines is 1. The number of para-hydroxylation sites is 1. The highest BCUT2D eigenvalue weighted by molar-refractivity contribution is 6.30. The van der Waals surface area contributed by atoms with Gasteiger partial charge in [0, 0.05) is 18.4 Å². The predicted molar refractivity (Wildman–Crippen MR) is 73.4 cm³/mol. The Bertz CT molecular complexity index is 629. The van der Waals surface area contributed by atoms with Crippen LogP contribution < -0.4 is 4.90 Å². The minimum Gasteiger partial charge on any atom is -0.310 e. The lowest BCUT2D eigenvalue weighted by Gasteiger charge is -2.18. The molecule has 3 rings (SSSR count). The summed E-state index contributed by atoms with van der Waals surface area (Å²) in [4.78, 5) is 17.9. The number of alkyl halides is 1. The van der Waals surface area contributed by atoms with Gasteiger partial charge in [-0.05, 0) is 12.1 Å². The summed E-state index contributed by atoms with van der Waals surface area (Å²) in [5, 5.41) is 1.17. The molecular formula is C13H10Cl2N2O. The molecule has 1 saturated heterocycles. The zero-order chi connectivity index (χ0) is 12.7. The van der Waals surface area contributed by atoms with Crippen LogP contribution in [0, 0.1) is 0 Å². The first-order chi connectivity index (χ1) is 8.65. The van der Waals surface area contributed by atoms with Crippen LogP contribution in [0.5, 0.6) is 0 Å². The zero-order valence-electron chi connectivity index (χ0n) is 9.44. The van der Waals surface area contributed by atoms with Crippen molar-refractivity contribution < 1.29 is 4.79 Å². The number of carbonyl (C=O) groups is 1. The monoisotopic (exact) mass is 280 g/mol. The molecule has 0 N–H and O–H groups in total. The minimum atomic E-state index is -0.136. The third-order valence-electron chi connectivity index (χ3n) is 3.03. The number of benzene rings is 1. The number of nitrogens with zero attached hydrogens (tertiary/aromatic N) is 2. The standard InChI is InChI=1S/C13H10Cl2N2O/c14-8-5-13(18)17(7-8)11-6-12(15)16-10-4-2-1-3-9(10)11/h1-4,6,8H,5,7H2. The summed E-state index contributed by atoms with van der Waals surface area (Å²) in [5.41, 5.74) is 1.57. The van der Waals surface area contributed by atoms with Crippen LogP contribution in [-0.2, 0) is 4.79 Å². The van der Waals surface area contributed by atoms with Gasteiger partial charge in [-0.15, -0.1) is 11.6 Å². The Morgan fingerprint density at radius 2 is 2.11 bits per heavy atom. The summed E-state index contributed by atoms with van der Waals surface area (Å²) in [7, 11) is 0. The highest BCUT2D eigenvalue weighted by Gasteiger charge is 2.30. The van der Waals surface area contributed by atoms with Crippen LogP contribution in [0.1, 0.15) is 6.42 Å². The van der Waals surface area contributed by atoms with E-state index in [1.165, 1.54) is 0 Å². The van der Waals surface area contributed by atoms with Crippen molar-refractivity contribution in [3.63, 3.8) is 0 Å². The van der Waals surface area contributed by atoms with Gasteiger partial charge in [0.2, 0.25) is 5.91 Å². The first-order valence-electron chi connectivity index (χ1n) is 5.65. The van der Waals surface area contributed by atoms with E-state index in [0.717, 1.165) is 16.6 Å². The van der Waals surface area contributed by atoms with Gasteiger partial charge < -0.3 is 4.90 Å². The van der Waals surface area contributed by atoms with Crippen molar-refractivity contribution in [2.75, 3.05) is 11.4 Å². The van der Waals surface area contributed by atoms with Gasteiger partial charge in [-0.3, -0.25) is 4.79 Å². The number of pyridine rings is 1.